The summed E-state index contributed by atoms with van der Waals surface area (Å²) in [7, 11) is 0. The Morgan fingerprint density at radius 1 is 1.17 bits per heavy atom. The van der Waals surface area contributed by atoms with E-state index in [1.165, 1.54) is 0 Å². The summed E-state index contributed by atoms with van der Waals surface area (Å²) in [5, 5.41) is 22.7. The van der Waals surface area contributed by atoms with Gasteiger partial charge >= 0.3 is 0 Å². The molecule has 2 N–H and O–H groups in total. The predicted octanol–water partition coefficient (Wildman–Crippen LogP) is 1.22. The number of ether oxygens (including phenoxy) is 1. The van der Waals surface area contributed by atoms with E-state index in [2.05, 4.69) is 0 Å². The summed E-state index contributed by atoms with van der Waals surface area (Å²) in [5.74, 6) is -0.966. The van der Waals surface area contributed by atoms with Crippen molar-refractivity contribution in [2.75, 3.05) is 18.0 Å². The number of nitrogens with two attached hydrogens (primary N) is 1. The van der Waals surface area contributed by atoms with Crippen LogP contribution in [0.15, 0.2) is 12.1 Å². The Morgan fingerprint density at radius 3 is 1.96 bits per heavy atom. The molecule has 1 aliphatic rings. The number of nitrogens with zero attached hydrogens (tertiary/aromatic N) is 3. The molecule has 23 heavy (non-hydrogen) atoms. The first-order valence-electron chi connectivity index (χ1n) is 6.87. The van der Waals surface area contributed by atoms with Crippen molar-refractivity contribution in [2.45, 2.75) is 26.1 Å². The zero-order valence-corrected chi connectivity index (χ0v) is 12.6. The van der Waals surface area contributed by atoms with Crippen LogP contribution in [0.25, 0.3) is 0 Å². The summed E-state index contributed by atoms with van der Waals surface area (Å²) in [5.41, 5.74) is 3.66. The molecule has 0 bridgehead atoms. The van der Waals surface area contributed by atoms with Gasteiger partial charge in [-0.05, 0) is 13.8 Å². The summed E-state index contributed by atoms with van der Waals surface area (Å²) in [6, 6.07) is 1.94. The molecule has 124 valence electrons. The van der Waals surface area contributed by atoms with E-state index in [9.17, 15) is 25.0 Å². The molecule has 2 rings (SSSR count). The molecule has 0 aromatic heterocycles. The van der Waals surface area contributed by atoms with E-state index in [1.54, 1.807) is 18.7 Å². The first-order chi connectivity index (χ1) is 10.7. The molecular formula is C13H16N4O6. The molecule has 1 aromatic carbocycles. The third-order valence-corrected chi connectivity index (χ3v) is 3.48. The van der Waals surface area contributed by atoms with Crippen LogP contribution in [0.4, 0.5) is 17.1 Å². The minimum Gasteiger partial charge on any atom is -0.372 e. The fourth-order valence-electron chi connectivity index (χ4n) is 2.71. The van der Waals surface area contributed by atoms with E-state index in [1.807, 2.05) is 0 Å². The summed E-state index contributed by atoms with van der Waals surface area (Å²) in [4.78, 5) is 34.0. The van der Waals surface area contributed by atoms with Gasteiger partial charge in [-0.1, -0.05) is 0 Å². The molecule has 1 aromatic rings. The molecule has 1 amide bonds. The Balaban J connectivity index is 2.66. The average molecular weight is 324 g/mol. The molecule has 2 atom stereocenters. The molecule has 0 aliphatic carbocycles. The van der Waals surface area contributed by atoms with Crippen LogP contribution in [0, 0.1) is 20.2 Å². The standard InChI is InChI=1S/C13H16N4O6/c1-7-5-15(6-8(2)23-7)12-10(16(19)20)3-9(13(14)18)4-11(12)17(21)22/h3-4,7-8H,5-6H2,1-2H3,(H2,14,18). The molecule has 1 heterocycles. The lowest BCUT2D eigenvalue weighted by molar-refractivity contribution is -0.392. The van der Waals surface area contributed by atoms with Crippen molar-refractivity contribution in [1.29, 1.82) is 0 Å². The van der Waals surface area contributed by atoms with Crippen LogP contribution in [0.3, 0.4) is 0 Å². The van der Waals surface area contributed by atoms with Gasteiger partial charge in [0.05, 0.1) is 27.6 Å². The number of amides is 1. The van der Waals surface area contributed by atoms with Crippen LogP contribution in [-0.4, -0.2) is 41.1 Å². The topological polar surface area (TPSA) is 142 Å². The highest BCUT2D eigenvalue weighted by molar-refractivity contribution is 5.96. The van der Waals surface area contributed by atoms with E-state index in [0.29, 0.717) is 0 Å². The van der Waals surface area contributed by atoms with Crippen molar-refractivity contribution in [3.8, 4) is 0 Å². The second-order valence-electron chi connectivity index (χ2n) is 5.40. The van der Waals surface area contributed by atoms with Gasteiger partial charge in [-0.3, -0.25) is 25.0 Å². The Morgan fingerprint density at radius 2 is 1.61 bits per heavy atom. The van der Waals surface area contributed by atoms with Crippen LogP contribution >= 0.6 is 0 Å². The highest BCUT2D eigenvalue weighted by atomic mass is 16.6. The van der Waals surface area contributed by atoms with Crippen LogP contribution in [0.2, 0.25) is 0 Å². The number of hydrogen-bond donors (Lipinski definition) is 1. The average Bonchev–Trinajstić information content (AvgIpc) is 2.44. The van der Waals surface area contributed by atoms with Gasteiger partial charge in [0.15, 0.2) is 5.69 Å². The molecule has 10 nitrogen and oxygen atoms in total. The fraction of sp³-hybridized carbons (Fsp3) is 0.462. The van der Waals surface area contributed by atoms with Crippen LogP contribution in [0.5, 0.6) is 0 Å². The minimum absolute atomic E-state index is 0.132. The van der Waals surface area contributed by atoms with E-state index < -0.39 is 27.1 Å². The monoisotopic (exact) mass is 324 g/mol. The number of nitro groups is 2. The lowest BCUT2D eigenvalue weighted by Gasteiger charge is -2.36. The Kier molecular flexibility index (Phi) is 4.45. The first-order valence-corrected chi connectivity index (χ1v) is 6.87. The lowest BCUT2D eigenvalue weighted by Crippen LogP contribution is -2.46. The number of carbonyl (C=O) groups excluding carboxylic acids is 1. The minimum atomic E-state index is -0.966. The van der Waals surface area contributed by atoms with E-state index in [4.69, 9.17) is 10.5 Å². The van der Waals surface area contributed by atoms with Gasteiger partial charge in [-0.2, -0.15) is 0 Å². The van der Waals surface area contributed by atoms with Crippen molar-refractivity contribution in [3.05, 3.63) is 37.9 Å². The summed E-state index contributed by atoms with van der Waals surface area (Å²) >= 11 is 0. The molecule has 1 aliphatic heterocycles. The lowest BCUT2D eigenvalue weighted by atomic mass is 10.1. The molecular weight excluding hydrogens is 308 g/mol. The number of rotatable bonds is 4. The van der Waals surface area contributed by atoms with Crippen LogP contribution < -0.4 is 10.6 Å². The highest BCUT2D eigenvalue weighted by Crippen LogP contribution is 2.39. The van der Waals surface area contributed by atoms with E-state index >= 15 is 0 Å². The summed E-state index contributed by atoms with van der Waals surface area (Å²) in [6.07, 6.45) is -0.484. The molecule has 10 heteroatoms. The van der Waals surface area contributed by atoms with E-state index in [-0.39, 0.29) is 36.5 Å². The zero-order chi connectivity index (χ0) is 17.3. The first kappa shape index (κ1) is 16.6. The van der Waals surface area contributed by atoms with Gasteiger partial charge in [0.2, 0.25) is 5.91 Å². The Labute approximate surface area is 131 Å². The largest absolute Gasteiger partial charge is 0.372 e. The third kappa shape index (κ3) is 3.37. The molecule has 0 spiro atoms. The highest BCUT2D eigenvalue weighted by Gasteiger charge is 2.35. The van der Waals surface area contributed by atoms with Gasteiger partial charge in [-0.15, -0.1) is 0 Å². The van der Waals surface area contributed by atoms with Gasteiger partial charge in [-0.25, -0.2) is 0 Å². The van der Waals surface area contributed by atoms with Crippen molar-refractivity contribution in [3.63, 3.8) is 0 Å². The number of carbonyl (C=O) groups is 1. The summed E-state index contributed by atoms with van der Waals surface area (Å²) in [6.45, 7) is 4.08. The normalized spacial score (nSPS) is 21.0. The number of morpholine rings is 1. The van der Waals surface area contributed by atoms with E-state index in [0.717, 1.165) is 12.1 Å². The zero-order valence-electron chi connectivity index (χ0n) is 12.6. The van der Waals surface area contributed by atoms with Gasteiger partial charge < -0.3 is 15.4 Å². The molecule has 0 radical (unpaired) electrons. The van der Waals surface area contributed by atoms with Crippen LogP contribution in [-0.2, 0) is 4.74 Å². The second-order valence-corrected chi connectivity index (χ2v) is 5.40. The maximum Gasteiger partial charge on any atom is 0.300 e. The SMILES string of the molecule is CC1CN(c2c([N+](=O)[O-])cc(C(N)=O)cc2[N+](=O)[O-])CC(C)O1. The van der Waals surface area contributed by atoms with Crippen molar-refractivity contribution in [2.24, 2.45) is 5.73 Å². The second kappa shape index (κ2) is 6.16. The molecule has 1 fully saturated rings. The van der Waals surface area contributed by atoms with Gasteiger partial charge in [0, 0.05) is 25.2 Å². The Hall–Kier alpha value is -2.75. The number of benzene rings is 1. The quantitative estimate of drug-likeness (QED) is 0.648. The number of hydrogen-bond acceptors (Lipinski definition) is 7. The van der Waals surface area contributed by atoms with Crippen LogP contribution in [0.1, 0.15) is 24.2 Å². The molecule has 1 saturated heterocycles. The number of anilines is 1. The smallest absolute Gasteiger partial charge is 0.300 e. The summed E-state index contributed by atoms with van der Waals surface area (Å²) < 4.78 is 5.55. The van der Waals surface area contributed by atoms with Gasteiger partial charge in [0.25, 0.3) is 11.4 Å². The molecule has 0 saturated carbocycles. The maximum absolute atomic E-state index is 11.4. The van der Waals surface area contributed by atoms with Crippen molar-refractivity contribution < 1.29 is 19.4 Å². The maximum atomic E-state index is 11.4. The fourth-order valence-corrected chi connectivity index (χ4v) is 2.71. The van der Waals surface area contributed by atoms with Crippen molar-refractivity contribution >= 4 is 23.0 Å². The number of primary amides is 1. The predicted molar refractivity (Wildman–Crippen MR) is 80.5 cm³/mol. The third-order valence-electron chi connectivity index (χ3n) is 3.48. The molecule has 2 unspecified atom stereocenters. The Bertz CT molecular complexity index is 631. The number of nitro benzene ring substituents is 2. The van der Waals surface area contributed by atoms with Crippen molar-refractivity contribution in [1.82, 2.24) is 0 Å². The van der Waals surface area contributed by atoms with Gasteiger partial charge in [0.1, 0.15) is 0 Å².